The summed E-state index contributed by atoms with van der Waals surface area (Å²) in [6.07, 6.45) is 4.01. The van der Waals surface area contributed by atoms with E-state index in [0.717, 1.165) is 16.7 Å². The molecular formula is C38H39FN2O5S. The van der Waals surface area contributed by atoms with Gasteiger partial charge in [-0.15, -0.1) is 6.58 Å². The molecule has 244 valence electrons. The number of esters is 1. The summed E-state index contributed by atoms with van der Waals surface area (Å²) in [7, 11) is 0. The van der Waals surface area contributed by atoms with Gasteiger partial charge in [0, 0.05) is 11.1 Å². The molecule has 0 aliphatic carbocycles. The van der Waals surface area contributed by atoms with Crippen molar-refractivity contribution in [1.82, 2.24) is 4.57 Å². The Morgan fingerprint density at radius 1 is 1.06 bits per heavy atom. The van der Waals surface area contributed by atoms with Crippen LogP contribution in [0.1, 0.15) is 74.4 Å². The quantitative estimate of drug-likeness (QED) is 0.125. The van der Waals surface area contributed by atoms with E-state index >= 15 is 0 Å². The van der Waals surface area contributed by atoms with Crippen molar-refractivity contribution in [2.45, 2.75) is 59.6 Å². The molecule has 1 aliphatic heterocycles. The Hall–Kier alpha value is -4.76. The van der Waals surface area contributed by atoms with Crippen LogP contribution < -0.4 is 24.4 Å². The van der Waals surface area contributed by atoms with Gasteiger partial charge in [0.15, 0.2) is 16.3 Å². The Morgan fingerprint density at radius 2 is 1.81 bits per heavy atom. The third-order valence-electron chi connectivity index (χ3n) is 7.88. The van der Waals surface area contributed by atoms with Crippen LogP contribution in [-0.4, -0.2) is 23.8 Å². The maximum atomic E-state index is 14.3. The van der Waals surface area contributed by atoms with E-state index < -0.39 is 12.0 Å². The summed E-state index contributed by atoms with van der Waals surface area (Å²) in [5.41, 5.74) is 4.45. The second-order valence-corrected chi connectivity index (χ2v) is 12.4. The monoisotopic (exact) mass is 654 g/mol. The minimum atomic E-state index is -0.696. The van der Waals surface area contributed by atoms with Crippen LogP contribution >= 0.6 is 11.3 Å². The predicted octanol–water partition coefficient (Wildman–Crippen LogP) is 6.77. The second-order valence-electron chi connectivity index (χ2n) is 11.4. The molecule has 0 spiro atoms. The molecule has 0 radical (unpaired) electrons. The first kappa shape index (κ1) is 33.6. The fraction of sp³-hybridized carbons (Fsp3) is 0.289. The highest BCUT2D eigenvalue weighted by Crippen LogP contribution is 2.35. The zero-order chi connectivity index (χ0) is 33.7. The topological polar surface area (TPSA) is 79.1 Å². The van der Waals surface area contributed by atoms with Crippen LogP contribution in [0.3, 0.4) is 0 Å². The molecule has 0 fully saturated rings. The van der Waals surface area contributed by atoms with Gasteiger partial charge < -0.3 is 14.2 Å². The number of carbonyl (C=O) groups is 1. The molecule has 0 N–H and O–H groups in total. The molecule has 9 heteroatoms. The molecule has 4 aromatic rings. The number of hydrogen-bond acceptors (Lipinski definition) is 7. The first-order valence-corrected chi connectivity index (χ1v) is 16.5. The first-order chi connectivity index (χ1) is 22.7. The zero-order valence-electron chi connectivity index (χ0n) is 27.3. The van der Waals surface area contributed by atoms with E-state index in [0.29, 0.717) is 62.2 Å². The van der Waals surface area contributed by atoms with Crippen molar-refractivity contribution in [3.05, 3.63) is 138 Å². The van der Waals surface area contributed by atoms with Crippen LogP contribution in [0.15, 0.2) is 94.4 Å². The number of nitrogens with zero attached hydrogens (tertiary/aromatic N) is 2. The van der Waals surface area contributed by atoms with Gasteiger partial charge in [0.2, 0.25) is 0 Å². The number of hydrogen-bond donors (Lipinski definition) is 0. The first-order valence-electron chi connectivity index (χ1n) is 15.7. The lowest BCUT2D eigenvalue weighted by molar-refractivity contribution is -0.139. The van der Waals surface area contributed by atoms with E-state index in [9.17, 15) is 14.0 Å². The number of thiazole rings is 1. The van der Waals surface area contributed by atoms with Gasteiger partial charge in [-0.2, -0.15) is 0 Å². The van der Waals surface area contributed by atoms with Crippen molar-refractivity contribution >= 4 is 23.4 Å². The number of rotatable bonds is 12. The number of fused-ring (bicyclic) bond motifs is 1. The third kappa shape index (κ3) is 7.15. The van der Waals surface area contributed by atoms with E-state index in [1.807, 2.05) is 43.3 Å². The number of allylic oxidation sites excluding steroid dienone is 2. The second kappa shape index (κ2) is 14.8. The van der Waals surface area contributed by atoms with Crippen LogP contribution in [-0.2, 0) is 22.6 Å². The highest BCUT2D eigenvalue weighted by molar-refractivity contribution is 7.07. The fourth-order valence-corrected chi connectivity index (χ4v) is 6.63. The Balaban J connectivity index is 1.63. The number of benzene rings is 3. The molecule has 0 bridgehead atoms. The third-order valence-corrected chi connectivity index (χ3v) is 8.86. The molecule has 3 aromatic carbocycles. The number of halogens is 1. The maximum absolute atomic E-state index is 14.3. The SMILES string of the molecule is C=CCc1cc(/C=c2\sc3n(c2=O)C(c2ccc(C(C)C)cc2)C(C(=O)OCC)=C(C)N=3)cc(OCC)c1OCc1ccccc1F. The van der Waals surface area contributed by atoms with E-state index in [1.54, 1.807) is 48.8 Å². The molecule has 2 heterocycles. The fourth-order valence-electron chi connectivity index (χ4n) is 5.59. The highest BCUT2D eigenvalue weighted by atomic mass is 32.1. The lowest BCUT2D eigenvalue weighted by atomic mass is 9.93. The van der Waals surface area contributed by atoms with E-state index in [4.69, 9.17) is 19.2 Å². The van der Waals surface area contributed by atoms with Crippen LogP contribution in [0.4, 0.5) is 4.39 Å². The molecule has 1 aromatic heterocycles. The van der Waals surface area contributed by atoms with Gasteiger partial charge in [-0.05, 0) is 74.1 Å². The Kier molecular flexibility index (Phi) is 10.6. The van der Waals surface area contributed by atoms with Gasteiger partial charge in [0.05, 0.1) is 35.1 Å². The molecular weight excluding hydrogens is 615 g/mol. The minimum absolute atomic E-state index is 0.0230. The van der Waals surface area contributed by atoms with E-state index in [1.165, 1.54) is 17.4 Å². The Labute approximate surface area is 278 Å². The summed E-state index contributed by atoms with van der Waals surface area (Å²) in [6.45, 7) is 14.1. The van der Waals surface area contributed by atoms with Crippen LogP contribution in [0.5, 0.6) is 11.5 Å². The molecule has 47 heavy (non-hydrogen) atoms. The summed E-state index contributed by atoms with van der Waals surface area (Å²) in [5.74, 6) is 0.455. The van der Waals surface area contributed by atoms with Crippen molar-refractivity contribution in [2.75, 3.05) is 13.2 Å². The summed E-state index contributed by atoms with van der Waals surface area (Å²) >= 11 is 1.25. The average Bonchev–Trinajstić information content (AvgIpc) is 3.34. The number of ether oxygens (including phenoxy) is 3. The minimum Gasteiger partial charge on any atom is -0.490 e. The normalized spacial score (nSPS) is 14.5. The molecule has 0 amide bonds. The summed E-state index contributed by atoms with van der Waals surface area (Å²) in [4.78, 5) is 32.6. The molecule has 7 nitrogen and oxygen atoms in total. The summed E-state index contributed by atoms with van der Waals surface area (Å²) < 4.78 is 33.9. The lowest BCUT2D eigenvalue weighted by Crippen LogP contribution is -2.39. The highest BCUT2D eigenvalue weighted by Gasteiger charge is 2.33. The molecule has 0 saturated heterocycles. The summed E-state index contributed by atoms with van der Waals surface area (Å²) in [5, 5.41) is 0. The molecule has 1 aliphatic rings. The average molecular weight is 655 g/mol. The predicted molar refractivity (Wildman–Crippen MR) is 183 cm³/mol. The van der Waals surface area contributed by atoms with Crippen molar-refractivity contribution in [2.24, 2.45) is 4.99 Å². The van der Waals surface area contributed by atoms with Crippen molar-refractivity contribution in [1.29, 1.82) is 0 Å². The Bertz CT molecular complexity index is 2010. The van der Waals surface area contributed by atoms with E-state index in [2.05, 4.69) is 20.4 Å². The van der Waals surface area contributed by atoms with Crippen LogP contribution in [0, 0.1) is 5.82 Å². The van der Waals surface area contributed by atoms with Crippen molar-refractivity contribution in [3.8, 4) is 11.5 Å². The molecule has 0 saturated carbocycles. The number of aromatic nitrogens is 1. The maximum Gasteiger partial charge on any atom is 0.338 e. The molecule has 1 atom stereocenters. The van der Waals surface area contributed by atoms with Crippen molar-refractivity contribution in [3.63, 3.8) is 0 Å². The van der Waals surface area contributed by atoms with Gasteiger partial charge in [-0.1, -0.05) is 73.7 Å². The standard InChI is InChI=1S/C38H39FN2O5S/c1-7-12-28-19-25(20-31(44-8-2)35(28)46-22-29-13-10-11-14-30(29)39)21-32-36(42)41-34(27-17-15-26(16-18-27)23(4)5)33(37(43)45-9-3)24(6)40-38(41)47-32/h7,10-11,13-21,23,34H,1,8-9,12,22H2,2-6H3/b32-21-. The summed E-state index contributed by atoms with van der Waals surface area (Å²) in [6, 6.07) is 17.5. The molecule has 5 rings (SSSR count). The number of carbonyl (C=O) groups excluding carboxylic acids is 1. The van der Waals surface area contributed by atoms with Gasteiger partial charge >= 0.3 is 5.97 Å². The van der Waals surface area contributed by atoms with Crippen LogP contribution in [0.2, 0.25) is 0 Å². The van der Waals surface area contributed by atoms with Gasteiger partial charge in [-0.25, -0.2) is 14.2 Å². The van der Waals surface area contributed by atoms with Gasteiger partial charge in [0.25, 0.3) is 5.56 Å². The Morgan fingerprint density at radius 3 is 2.47 bits per heavy atom. The van der Waals surface area contributed by atoms with E-state index in [-0.39, 0.29) is 24.6 Å². The lowest BCUT2D eigenvalue weighted by Gasteiger charge is -2.25. The smallest absolute Gasteiger partial charge is 0.338 e. The van der Waals surface area contributed by atoms with Gasteiger partial charge in [0.1, 0.15) is 12.4 Å². The largest absolute Gasteiger partial charge is 0.490 e. The van der Waals surface area contributed by atoms with Crippen molar-refractivity contribution < 1.29 is 23.4 Å². The molecule has 1 unspecified atom stereocenters. The van der Waals surface area contributed by atoms with Gasteiger partial charge in [-0.3, -0.25) is 9.36 Å². The van der Waals surface area contributed by atoms with Crippen LogP contribution in [0.25, 0.3) is 6.08 Å². The zero-order valence-corrected chi connectivity index (χ0v) is 28.2.